The molecular weight excluding hydrogens is 366 g/mol. The molecule has 0 spiro atoms. The summed E-state index contributed by atoms with van der Waals surface area (Å²) in [5, 5.41) is 6.97. The fourth-order valence-electron chi connectivity index (χ4n) is 3.93. The molecule has 1 fully saturated rings. The Kier molecular flexibility index (Phi) is 7.36. The summed E-state index contributed by atoms with van der Waals surface area (Å²) < 4.78 is 5.51. The average Bonchev–Trinajstić information content (AvgIpc) is 3.07. The van der Waals surface area contributed by atoms with Crippen LogP contribution in [0.1, 0.15) is 34.1 Å². The minimum atomic E-state index is 0.00580. The number of benzene rings is 1. The van der Waals surface area contributed by atoms with Crippen LogP contribution in [-0.2, 0) is 4.79 Å². The lowest BCUT2D eigenvalue weighted by atomic mass is 10.1. The molecule has 0 bridgehead atoms. The zero-order valence-electron chi connectivity index (χ0n) is 18.1. The molecule has 7 heteroatoms. The van der Waals surface area contributed by atoms with Gasteiger partial charge >= 0.3 is 0 Å². The summed E-state index contributed by atoms with van der Waals surface area (Å²) in [7, 11) is 0. The number of hydrogen-bond donors (Lipinski definition) is 2. The van der Waals surface area contributed by atoms with Crippen molar-refractivity contribution in [2.45, 2.75) is 46.2 Å². The molecule has 0 aliphatic carbocycles. The van der Waals surface area contributed by atoms with Gasteiger partial charge in [-0.1, -0.05) is 19.1 Å². The molecule has 2 N–H and O–H groups in total. The van der Waals surface area contributed by atoms with Gasteiger partial charge in [0.1, 0.15) is 5.75 Å². The quantitative estimate of drug-likeness (QED) is 0.416. The molecule has 1 amide bonds. The molecule has 0 radical (unpaired) electrons. The van der Waals surface area contributed by atoms with Crippen molar-refractivity contribution in [3.8, 4) is 5.75 Å². The molecule has 0 aromatic heterocycles. The van der Waals surface area contributed by atoms with E-state index in [0.717, 1.165) is 43.5 Å². The largest absolute Gasteiger partial charge is 0.482 e. The van der Waals surface area contributed by atoms with Crippen molar-refractivity contribution in [2.24, 2.45) is 10.9 Å². The minimum Gasteiger partial charge on any atom is -0.482 e. The van der Waals surface area contributed by atoms with Crippen molar-refractivity contribution in [1.82, 2.24) is 15.5 Å². The van der Waals surface area contributed by atoms with Crippen LogP contribution in [0, 0.1) is 5.92 Å². The van der Waals surface area contributed by atoms with Crippen LogP contribution < -0.4 is 20.3 Å². The number of fused-ring (bicyclic) bond motifs is 1. The molecule has 2 atom stereocenters. The first-order valence-electron chi connectivity index (χ1n) is 10.8. The van der Waals surface area contributed by atoms with Gasteiger partial charge in [-0.15, -0.1) is 0 Å². The fourth-order valence-corrected chi connectivity index (χ4v) is 3.93. The molecule has 1 aromatic carbocycles. The number of hydrogen-bond acceptors (Lipinski definition) is 4. The van der Waals surface area contributed by atoms with Crippen LogP contribution in [0.4, 0.5) is 5.69 Å². The van der Waals surface area contributed by atoms with Crippen LogP contribution in [0.25, 0.3) is 0 Å². The van der Waals surface area contributed by atoms with Crippen LogP contribution in [0.2, 0.25) is 0 Å². The molecule has 3 rings (SSSR count). The van der Waals surface area contributed by atoms with E-state index in [0.29, 0.717) is 31.1 Å². The lowest BCUT2D eigenvalue weighted by molar-refractivity contribution is -0.121. The molecule has 2 unspecified atom stereocenters. The second-order valence-electron chi connectivity index (χ2n) is 8.19. The molecule has 2 aliphatic heterocycles. The summed E-state index contributed by atoms with van der Waals surface area (Å²) in [5.74, 6) is 2.23. The van der Waals surface area contributed by atoms with E-state index in [1.165, 1.54) is 0 Å². The Morgan fingerprint density at radius 3 is 2.83 bits per heavy atom. The SMILES string of the molecule is CCNC(=NCCCN1C(=O)COc2ccccc21)NC1CN(C(C)C)CC1C. The van der Waals surface area contributed by atoms with Crippen molar-refractivity contribution < 1.29 is 9.53 Å². The van der Waals surface area contributed by atoms with Gasteiger partial charge in [0.2, 0.25) is 0 Å². The third kappa shape index (κ3) is 5.41. The number of guanidine groups is 1. The van der Waals surface area contributed by atoms with E-state index < -0.39 is 0 Å². The summed E-state index contributed by atoms with van der Waals surface area (Å²) in [4.78, 5) is 21.3. The van der Waals surface area contributed by atoms with Gasteiger partial charge in [0, 0.05) is 44.8 Å². The number of aliphatic imine (C=N–C) groups is 1. The smallest absolute Gasteiger partial charge is 0.265 e. The lowest BCUT2D eigenvalue weighted by Crippen LogP contribution is -2.47. The average molecular weight is 402 g/mol. The Hall–Kier alpha value is -2.28. The maximum Gasteiger partial charge on any atom is 0.265 e. The van der Waals surface area contributed by atoms with Crippen molar-refractivity contribution in [2.75, 3.05) is 44.2 Å². The maximum absolute atomic E-state index is 12.3. The van der Waals surface area contributed by atoms with E-state index >= 15 is 0 Å². The highest BCUT2D eigenvalue weighted by atomic mass is 16.5. The van der Waals surface area contributed by atoms with Gasteiger partial charge in [0.05, 0.1) is 5.69 Å². The number of para-hydroxylation sites is 2. The highest BCUT2D eigenvalue weighted by molar-refractivity contribution is 5.97. The van der Waals surface area contributed by atoms with Crippen LogP contribution in [0.3, 0.4) is 0 Å². The van der Waals surface area contributed by atoms with Crippen molar-refractivity contribution in [3.63, 3.8) is 0 Å². The van der Waals surface area contributed by atoms with Crippen molar-refractivity contribution in [1.29, 1.82) is 0 Å². The Balaban J connectivity index is 1.54. The molecule has 1 saturated heterocycles. The number of carbonyl (C=O) groups is 1. The topological polar surface area (TPSA) is 69.2 Å². The maximum atomic E-state index is 12.3. The summed E-state index contributed by atoms with van der Waals surface area (Å²) in [6.45, 7) is 13.3. The molecular formula is C22H35N5O2. The predicted octanol–water partition coefficient (Wildman–Crippen LogP) is 2.09. The zero-order chi connectivity index (χ0) is 20.8. The normalized spacial score (nSPS) is 22.6. The van der Waals surface area contributed by atoms with Crippen LogP contribution in [0.15, 0.2) is 29.3 Å². The third-order valence-corrected chi connectivity index (χ3v) is 5.66. The van der Waals surface area contributed by atoms with Crippen molar-refractivity contribution in [3.05, 3.63) is 24.3 Å². The van der Waals surface area contributed by atoms with E-state index in [2.05, 4.69) is 43.2 Å². The number of nitrogens with one attached hydrogen (secondary N) is 2. The second-order valence-corrected chi connectivity index (χ2v) is 8.19. The predicted molar refractivity (Wildman–Crippen MR) is 118 cm³/mol. The number of anilines is 1. The van der Waals surface area contributed by atoms with Gasteiger partial charge in [-0.25, -0.2) is 0 Å². The van der Waals surface area contributed by atoms with Gasteiger partial charge < -0.3 is 20.3 Å². The molecule has 7 nitrogen and oxygen atoms in total. The summed E-state index contributed by atoms with van der Waals surface area (Å²) in [6, 6.07) is 8.67. The first kappa shape index (κ1) is 21.4. The summed E-state index contributed by atoms with van der Waals surface area (Å²) >= 11 is 0. The Labute approximate surface area is 174 Å². The number of nitrogens with zero attached hydrogens (tertiary/aromatic N) is 3. The first-order chi connectivity index (χ1) is 14.0. The number of carbonyl (C=O) groups excluding carboxylic acids is 1. The van der Waals surface area contributed by atoms with Gasteiger partial charge in [0.15, 0.2) is 12.6 Å². The van der Waals surface area contributed by atoms with Crippen LogP contribution in [-0.4, -0.2) is 68.2 Å². The molecule has 160 valence electrons. The lowest BCUT2D eigenvalue weighted by Gasteiger charge is -2.29. The second kappa shape index (κ2) is 9.96. The van der Waals surface area contributed by atoms with Gasteiger partial charge in [0.25, 0.3) is 5.91 Å². The third-order valence-electron chi connectivity index (χ3n) is 5.66. The van der Waals surface area contributed by atoms with Gasteiger partial charge in [-0.05, 0) is 45.2 Å². The number of likely N-dealkylation sites (tertiary alicyclic amines) is 1. The summed E-state index contributed by atoms with van der Waals surface area (Å²) in [6.07, 6.45) is 0.801. The van der Waals surface area contributed by atoms with E-state index in [1.54, 1.807) is 0 Å². The van der Waals surface area contributed by atoms with E-state index in [-0.39, 0.29) is 12.5 Å². The van der Waals surface area contributed by atoms with E-state index in [4.69, 9.17) is 9.73 Å². The number of amides is 1. The first-order valence-corrected chi connectivity index (χ1v) is 10.8. The molecule has 29 heavy (non-hydrogen) atoms. The fraction of sp³-hybridized carbons (Fsp3) is 0.636. The minimum absolute atomic E-state index is 0.00580. The van der Waals surface area contributed by atoms with Crippen LogP contribution >= 0.6 is 0 Å². The van der Waals surface area contributed by atoms with Crippen LogP contribution in [0.5, 0.6) is 5.75 Å². The zero-order valence-corrected chi connectivity index (χ0v) is 18.1. The van der Waals surface area contributed by atoms with Crippen molar-refractivity contribution >= 4 is 17.6 Å². The Morgan fingerprint density at radius 2 is 2.10 bits per heavy atom. The highest BCUT2D eigenvalue weighted by Gasteiger charge is 2.31. The standard InChI is InChI=1S/C22H35N5O2/c1-5-23-22(25-18-14-26(16(2)3)13-17(18)4)24-11-8-12-27-19-9-6-7-10-20(19)29-15-21(27)28/h6-7,9-10,16-18H,5,8,11-15H2,1-4H3,(H2,23,24,25). The summed E-state index contributed by atoms with van der Waals surface area (Å²) in [5.41, 5.74) is 0.853. The number of ether oxygens (including phenoxy) is 1. The molecule has 0 saturated carbocycles. The molecule has 1 aromatic rings. The molecule has 2 heterocycles. The monoisotopic (exact) mass is 401 g/mol. The highest BCUT2D eigenvalue weighted by Crippen LogP contribution is 2.31. The Morgan fingerprint density at radius 1 is 1.31 bits per heavy atom. The van der Waals surface area contributed by atoms with E-state index in [9.17, 15) is 4.79 Å². The van der Waals surface area contributed by atoms with E-state index in [1.807, 2.05) is 29.2 Å². The van der Waals surface area contributed by atoms with Gasteiger partial charge in [-0.2, -0.15) is 0 Å². The molecule has 2 aliphatic rings. The Bertz CT molecular complexity index is 721. The van der Waals surface area contributed by atoms with Gasteiger partial charge in [-0.3, -0.25) is 14.7 Å². The number of rotatable bonds is 7.